The smallest absolute Gasteiger partial charge is 0.265 e. The zero-order valence-corrected chi connectivity index (χ0v) is 15.0. The number of hydrogen-bond donors (Lipinski definition) is 1. The molecule has 1 aliphatic heterocycles. The van der Waals surface area contributed by atoms with E-state index in [1.807, 2.05) is 18.2 Å². The highest BCUT2D eigenvalue weighted by atomic mass is 19.1. The summed E-state index contributed by atoms with van der Waals surface area (Å²) in [6.07, 6.45) is 0. The molecule has 0 fully saturated rings. The van der Waals surface area contributed by atoms with Gasteiger partial charge in [-0.2, -0.15) is 0 Å². The van der Waals surface area contributed by atoms with Crippen molar-refractivity contribution in [2.45, 2.75) is 26.2 Å². The molecular weight excluding hydrogens is 335 g/mol. The zero-order chi connectivity index (χ0) is 18.9. The molecule has 0 unspecified atom stereocenters. The van der Waals surface area contributed by atoms with Gasteiger partial charge >= 0.3 is 0 Å². The Balaban J connectivity index is 1.82. The van der Waals surface area contributed by atoms with Crippen molar-refractivity contribution in [1.29, 1.82) is 0 Å². The van der Waals surface area contributed by atoms with Crippen LogP contribution >= 0.6 is 0 Å². The van der Waals surface area contributed by atoms with E-state index in [0.717, 1.165) is 5.56 Å². The van der Waals surface area contributed by atoms with Gasteiger partial charge in [0.05, 0.1) is 5.69 Å². The second-order valence-electron chi connectivity index (χ2n) is 7.26. The average molecular weight is 356 g/mol. The molecule has 0 aromatic heterocycles. The molecule has 26 heavy (non-hydrogen) atoms. The minimum Gasteiger partial charge on any atom is -0.482 e. The quantitative estimate of drug-likeness (QED) is 0.916. The number of fused-ring (bicyclic) bond motifs is 1. The fraction of sp³-hybridized carbons (Fsp3) is 0.300. The van der Waals surface area contributed by atoms with Gasteiger partial charge in [-0.3, -0.25) is 14.5 Å². The molecule has 1 heterocycles. The standard InChI is InChI=1S/C20H21FN2O3/c1-20(2,3)13-4-9-17-16(10-13)23(19(25)12-26-17)11-18(24)22-15-7-5-14(21)6-8-15/h4-10H,11-12H2,1-3H3,(H,22,24). The maximum atomic E-state index is 13.0. The van der Waals surface area contributed by atoms with Gasteiger partial charge in [0.2, 0.25) is 5.91 Å². The largest absolute Gasteiger partial charge is 0.482 e. The van der Waals surface area contributed by atoms with E-state index in [0.29, 0.717) is 17.1 Å². The van der Waals surface area contributed by atoms with Crippen molar-refractivity contribution in [1.82, 2.24) is 0 Å². The van der Waals surface area contributed by atoms with Gasteiger partial charge in [-0.05, 0) is 47.4 Å². The topological polar surface area (TPSA) is 58.6 Å². The van der Waals surface area contributed by atoms with Gasteiger partial charge in [0.15, 0.2) is 6.61 Å². The maximum Gasteiger partial charge on any atom is 0.265 e. The zero-order valence-electron chi connectivity index (χ0n) is 15.0. The van der Waals surface area contributed by atoms with Crippen LogP contribution in [0.2, 0.25) is 0 Å². The Kier molecular flexibility index (Phi) is 4.68. The van der Waals surface area contributed by atoms with Gasteiger partial charge in [-0.1, -0.05) is 26.8 Å². The van der Waals surface area contributed by atoms with Crippen LogP contribution in [0.15, 0.2) is 42.5 Å². The molecule has 2 aromatic rings. The predicted molar refractivity (Wildman–Crippen MR) is 98.0 cm³/mol. The average Bonchev–Trinajstić information content (AvgIpc) is 2.58. The van der Waals surface area contributed by atoms with Crippen molar-refractivity contribution in [3.05, 3.63) is 53.8 Å². The van der Waals surface area contributed by atoms with Crippen LogP contribution in [0.4, 0.5) is 15.8 Å². The van der Waals surface area contributed by atoms with Crippen LogP contribution in [0, 0.1) is 5.82 Å². The van der Waals surface area contributed by atoms with Crippen LogP contribution in [-0.2, 0) is 15.0 Å². The fourth-order valence-electron chi connectivity index (χ4n) is 2.72. The van der Waals surface area contributed by atoms with E-state index in [1.165, 1.54) is 29.2 Å². The Morgan fingerprint density at radius 3 is 2.54 bits per heavy atom. The van der Waals surface area contributed by atoms with Crippen LogP contribution < -0.4 is 15.0 Å². The number of hydrogen-bond acceptors (Lipinski definition) is 3. The first-order chi connectivity index (χ1) is 12.2. The molecule has 1 N–H and O–H groups in total. The molecular formula is C20H21FN2O3. The Labute approximate surface area is 151 Å². The third-order valence-corrected chi connectivity index (χ3v) is 4.20. The summed E-state index contributed by atoms with van der Waals surface area (Å²) in [4.78, 5) is 26.1. The molecule has 0 atom stereocenters. The predicted octanol–water partition coefficient (Wildman–Crippen LogP) is 3.49. The lowest BCUT2D eigenvalue weighted by atomic mass is 9.86. The Bertz CT molecular complexity index is 841. The van der Waals surface area contributed by atoms with Crippen molar-refractivity contribution < 1.29 is 18.7 Å². The number of carbonyl (C=O) groups is 2. The summed E-state index contributed by atoms with van der Waals surface area (Å²) in [6, 6.07) is 11.1. The van der Waals surface area contributed by atoms with E-state index >= 15 is 0 Å². The monoisotopic (exact) mass is 356 g/mol. The molecule has 5 nitrogen and oxygen atoms in total. The van der Waals surface area contributed by atoms with Gasteiger partial charge in [0, 0.05) is 5.69 Å². The van der Waals surface area contributed by atoms with Gasteiger partial charge in [0.25, 0.3) is 5.91 Å². The van der Waals surface area contributed by atoms with Crippen molar-refractivity contribution in [3.63, 3.8) is 0 Å². The Morgan fingerprint density at radius 2 is 1.88 bits per heavy atom. The molecule has 0 bridgehead atoms. The molecule has 6 heteroatoms. The summed E-state index contributed by atoms with van der Waals surface area (Å²) >= 11 is 0. The molecule has 136 valence electrons. The molecule has 2 amide bonds. The number of nitrogens with one attached hydrogen (secondary N) is 1. The molecule has 0 aliphatic carbocycles. The number of benzene rings is 2. The Hall–Kier alpha value is -2.89. The van der Waals surface area contributed by atoms with E-state index < -0.39 is 0 Å². The van der Waals surface area contributed by atoms with E-state index in [-0.39, 0.29) is 36.2 Å². The summed E-state index contributed by atoms with van der Waals surface area (Å²) in [7, 11) is 0. The third kappa shape index (κ3) is 3.85. The normalized spacial score (nSPS) is 13.8. The summed E-state index contributed by atoms with van der Waals surface area (Å²) in [5, 5.41) is 2.67. The van der Waals surface area contributed by atoms with Crippen LogP contribution in [0.1, 0.15) is 26.3 Å². The fourth-order valence-corrected chi connectivity index (χ4v) is 2.72. The lowest BCUT2D eigenvalue weighted by Crippen LogP contribution is -2.43. The third-order valence-electron chi connectivity index (χ3n) is 4.20. The number of halogens is 1. The first-order valence-corrected chi connectivity index (χ1v) is 8.37. The second-order valence-corrected chi connectivity index (χ2v) is 7.26. The van der Waals surface area contributed by atoms with Crippen LogP contribution in [0.5, 0.6) is 5.75 Å². The van der Waals surface area contributed by atoms with E-state index in [4.69, 9.17) is 4.74 Å². The maximum absolute atomic E-state index is 13.0. The summed E-state index contributed by atoms with van der Waals surface area (Å²) in [6.45, 7) is 5.98. The van der Waals surface area contributed by atoms with E-state index in [9.17, 15) is 14.0 Å². The number of nitrogens with zero attached hydrogens (tertiary/aromatic N) is 1. The first kappa shape index (κ1) is 17.9. The van der Waals surface area contributed by atoms with Crippen molar-refractivity contribution in [2.75, 3.05) is 23.4 Å². The molecule has 0 spiro atoms. The number of amides is 2. The van der Waals surface area contributed by atoms with Crippen LogP contribution in [0.25, 0.3) is 0 Å². The molecule has 2 aromatic carbocycles. The number of carbonyl (C=O) groups excluding carboxylic acids is 2. The van der Waals surface area contributed by atoms with Crippen molar-refractivity contribution in [3.8, 4) is 5.75 Å². The van der Waals surface area contributed by atoms with Gasteiger partial charge in [-0.15, -0.1) is 0 Å². The molecule has 3 rings (SSSR count). The molecule has 0 saturated heterocycles. The number of rotatable bonds is 3. The Morgan fingerprint density at radius 1 is 1.19 bits per heavy atom. The highest BCUT2D eigenvalue weighted by molar-refractivity contribution is 6.05. The summed E-state index contributed by atoms with van der Waals surface area (Å²) < 4.78 is 18.5. The minimum absolute atomic E-state index is 0.0996. The molecule has 0 saturated carbocycles. The van der Waals surface area contributed by atoms with Crippen LogP contribution in [-0.4, -0.2) is 25.0 Å². The highest BCUT2D eigenvalue weighted by Crippen LogP contribution is 2.36. The lowest BCUT2D eigenvalue weighted by molar-refractivity contribution is -0.123. The van der Waals surface area contributed by atoms with Crippen LogP contribution in [0.3, 0.4) is 0 Å². The minimum atomic E-state index is -0.380. The second kappa shape index (κ2) is 6.78. The van der Waals surface area contributed by atoms with E-state index in [1.54, 1.807) is 0 Å². The number of ether oxygens (including phenoxy) is 1. The first-order valence-electron chi connectivity index (χ1n) is 8.37. The van der Waals surface area contributed by atoms with Gasteiger partial charge in [0.1, 0.15) is 18.1 Å². The van der Waals surface area contributed by atoms with Gasteiger partial charge < -0.3 is 10.1 Å². The molecule has 0 radical (unpaired) electrons. The van der Waals surface area contributed by atoms with Crippen molar-refractivity contribution >= 4 is 23.2 Å². The SMILES string of the molecule is CC(C)(C)c1ccc2c(c1)N(CC(=O)Nc1ccc(F)cc1)C(=O)CO2. The lowest BCUT2D eigenvalue weighted by Gasteiger charge is -2.31. The highest BCUT2D eigenvalue weighted by Gasteiger charge is 2.29. The summed E-state index contributed by atoms with van der Waals surface area (Å²) in [5.74, 6) is -0.445. The van der Waals surface area contributed by atoms with E-state index in [2.05, 4.69) is 26.1 Å². The summed E-state index contributed by atoms with van der Waals surface area (Å²) in [5.41, 5.74) is 2.00. The number of anilines is 2. The van der Waals surface area contributed by atoms with Crippen molar-refractivity contribution in [2.24, 2.45) is 0 Å². The molecule has 1 aliphatic rings. The van der Waals surface area contributed by atoms with Gasteiger partial charge in [-0.25, -0.2) is 4.39 Å².